The number of urea groups is 1. The molecular weight excluding hydrogens is 406 g/mol. The maximum atomic E-state index is 12.1. The largest absolute Gasteiger partial charge is 0.369 e. The van der Waals surface area contributed by atoms with Crippen molar-refractivity contribution in [3.8, 4) is 0 Å². The lowest BCUT2D eigenvalue weighted by molar-refractivity contribution is 0.262. The van der Waals surface area contributed by atoms with Gasteiger partial charge in [0.1, 0.15) is 17.0 Å². The second kappa shape index (κ2) is 8.73. The minimum atomic E-state index is -0.253. The molecule has 6 nitrogen and oxygen atoms in total. The number of thiophene rings is 1. The topological polar surface area (TPSA) is 78.9 Å². The Bertz CT molecular complexity index is 1200. The first-order valence-corrected chi connectivity index (χ1v) is 11.3. The summed E-state index contributed by atoms with van der Waals surface area (Å²) >= 11 is 1.81. The van der Waals surface area contributed by atoms with E-state index >= 15 is 0 Å². The minimum Gasteiger partial charge on any atom is -0.369 e. The van der Waals surface area contributed by atoms with Crippen LogP contribution in [0.15, 0.2) is 60.9 Å². The first-order valence-electron chi connectivity index (χ1n) is 10.5. The fourth-order valence-corrected chi connectivity index (χ4v) is 5.19. The average molecular weight is 430 g/mol. The normalized spacial score (nSPS) is 12.5. The lowest BCUT2D eigenvalue weighted by Gasteiger charge is -2.10. The van der Waals surface area contributed by atoms with Crippen LogP contribution in [0.4, 0.5) is 22.0 Å². The van der Waals surface area contributed by atoms with E-state index in [2.05, 4.69) is 25.9 Å². The molecule has 0 radical (unpaired) electrons. The van der Waals surface area contributed by atoms with Gasteiger partial charge in [-0.15, -0.1) is 11.3 Å². The Kier molecular flexibility index (Phi) is 5.50. The van der Waals surface area contributed by atoms with E-state index in [9.17, 15) is 4.79 Å². The zero-order chi connectivity index (χ0) is 21.0. The van der Waals surface area contributed by atoms with Gasteiger partial charge < -0.3 is 16.0 Å². The van der Waals surface area contributed by atoms with Crippen LogP contribution in [0, 0.1) is 0 Å². The van der Waals surface area contributed by atoms with Crippen LogP contribution in [0.1, 0.15) is 22.4 Å². The number of aryl methyl sites for hydroxylation is 2. The molecule has 0 fully saturated rings. The summed E-state index contributed by atoms with van der Waals surface area (Å²) in [5.41, 5.74) is 4.16. The number of aromatic nitrogens is 2. The van der Waals surface area contributed by atoms with Gasteiger partial charge in [-0.3, -0.25) is 0 Å². The van der Waals surface area contributed by atoms with Crippen molar-refractivity contribution in [3.05, 3.63) is 76.9 Å². The second-order valence-electron chi connectivity index (χ2n) is 7.58. The van der Waals surface area contributed by atoms with Gasteiger partial charge in [0.05, 0.1) is 5.39 Å². The van der Waals surface area contributed by atoms with Crippen molar-refractivity contribution < 1.29 is 4.79 Å². The number of nitrogens with zero attached hydrogens (tertiary/aromatic N) is 2. The first kappa shape index (κ1) is 19.5. The highest BCUT2D eigenvalue weighted by Crippen LogP contribution is 2.38. The van der Waals surface area contributed by atoms with E-state index in [1.54, 1.807) is 17.7 Å². The van der Waals surface area contributed by atoms with Crippen molar-refractivity contribution in [2.45, 2.75) is 25.7 Å². The average Bonchev–Trinajstić information content (AvgIpc) is 3.37. The zero-order valence-electron chi connectivity index (χ0n) is 17.0. The third-order valence-electron chi connectivity index (χ3n) is 5.45. The van der Waals surface area contributed by atoms with Crippen molar-refractivity contribution in [1.29, 1.82) is 0 Å². The van der Waals surface area contributed by atoms with Gasteiger partial charge >= 0.3 is 6.03 Å². The van der Waals surface area contributed by atoms with E-state index in [4.69, 9.17) is 0 Å². The summed E-state index contributed by atoms with van der Waals surface area (Å²) in [5, 5.41) is 10.4. The van der Waals surface area contributed by atoms with Crippen LogP contribution in [0.3, 0.4) is 0 Å². The van der Waals surface area contributed by atoms with Crippen LogP contribution in [0.25, 0.3) is 10.2 Å². The molecule has 4 aromatic rings. The van der Waals surface area contributed by atoms with Crippen molar-refractivity contribution in [2.24, 2.45) is 0 Å². The summed E-state index contributed by atoms with van der Waals surface area (Å²) in [6.07, 6.45) is 6.05. The Balaban J connectivity index is 1.17. The zero-order valence-corrected chi connectivity index (χ0v) is 17.8. The number of benzene rings is 2. The molecule has 31 heavy (non-hydrogen) atoms. The molecule has 7 heteroatoms. The highest BCUT2D eigenvalue weighted by atomic mass is 32.1. The molecule has 1 aliphatic carbocycles. The van der Waals surface area contributed by atoms with Crippen molar-refractivity contribution >= 4 is 44.8 Å². The van der Waals surface area contributed by atoms with Gasteiger partial charge in [0.15, 0.2) is 0 Å². The van der Waals surface area contributed by atoms with E-state index in [0.29, 0.717) is 0 Å². The summed E-state index contributed by atoms with van der Waals surface area (Å²) in [6, 6.07) is 17.1. The van der Waals surface area contributed by atoms with Gasteiger partial charge in [-0.25, -0.2) is 14.8 Å². The molecule has 2 aromatic heterocycles. The van der Waals surface area contributed by atoms with Crippen LogP contribution in [-0.2, 0) is 19.3 Å². The molecule has 0 unspecified atom stereocenters. The SMILES string of the molecule is O=C(Nc1ccccc1)Nc1ccc(CCNc2ncnc3sc4c(c23)CCC4)cc1. The van der Waals surface area contributed by atoms with Crippen LogP contribution in [-0.4, -0.2) is 22.5 Å². The summed E-state index contributed by atoms with van der Waals surface area (Å²) in [4.78, 5) is 23.6. The first-order chi connectivity index (χ1) is 15.3. The Labute approximate surface area is 184 Å². The number of fused-ring (bicyclic) bond motifs is 3. The summed E-state index contributed by atoms with van der Waals surface area (Å²) in [7, 11) is 0. The molecule has 2 aromatic carbocycles. The van der Waals surface area contributed by atoms with Gasteiger partial charge in [-0.05, 0) is 61.1 Å². The molecule has 1 aliphatic rings. The van der Waals surface area contributed by atoms with Crippen LogP contribution in [0.5, 0.6) is 0 Å². The number of carbonyl (C=O) groups is 1. The molecule has 0 spiro atoms. The second-order valence-corrected chi connectivity index (χ2v) is 8.66. The molecule has 156 valence electrons. The summed E-state index contributed by atoms with van der Waals surface area (Å²) in [6.45, 7) is 0.790. The number of amides is 2. The standard InChI is InChI=1S/C24H23N5OS/c30-24(28-17-5-2-1-3-6-17)29-18-11-9-16(10-12-18)13-14-25-22-21-19-7-4-8-20(19)31-23(21)27-15-26-22/h1-3,5-6,9-12,15H,4,7-8,13-14H2,(H,25,26,27)(H2,28,29,30). The Morgan fingerprint density at radius 2 is 1.71 bits per heavy atom. The molecule has 0 bridgehead atoms. The van der Waals surface area contributed by atoms with Gasteiger partial charge in [0.25, 0.3) is 0 Å². The molecule has 2 amide bonds. The highest BCUT2D eigenvalue weighted by Gasteiger charge is 2.20. The smallest absolute Gasteiger partial charge is 0.323 e. The Morgan fingerprint density at radius 3 is 2.52 bits per heavy atom. The molecule has 0 saturated carbocycles. The number of rotatable bonds is 6. The number of hydrogen-bond acceptors (Lipinski definition) is 5. The van der Waals surface area contributed by atoms with Gasteiger partial charge in [0.2, 0.25) is 0 Å². The van der Waals surface area contributed by atoms with Crippen molar-refractivity contribution in [3.63, 3.8) is 0 Å². The predicted molar refractivity (Wildman–Crippen MR) is 127 cm³/mol. The molecule has 2 heterocycles. The van der Waals surface area contributed by atoms with Gasteiger partial charge in [-0.1, -0.05) is 30.3 Å². The van der Waals surface area contributed by atoms with E-state index in [1.165, 1.54) is 34.2 Å². The lowest BCUT2D eigenvalue weighted by atomic mass is 10.1. The Hall–Kier alpha value is -3.45. The molecule has 0 saturated heterocycles. The quantitative estimate of drug-likeness (QED) is 0.379. The molecular formula is C24H23N5OS. The highest BCUT2D eigenvalue weighted by molar-refractivity contribution is 7.19. The van der Waals surface area contributed by atoms with Gasteiger partial charge in [0, 0.05) is 22.8 Å². The van der Waals surface area contributed by atoms with Gasteiger partial charge in [-0.2, -0.15) is 0 Å². The number of nitrogens with one attached hydrogen (secondary N) is 3. The molecule has 0 aliphatic heterocycles. The summed E-state index contributed by atoms with van der Waals surface area (Å²) in [5.74, 6) is 0.945. The van der Waals surface area contributed by atoms with E-state index in [-0.39, 0.29) is 6.03 Å². The molecule has 0 atom stereocenters. The van der Waals surface area contributed by atoms with Crippen LogP contribution in [0.2, 0.25) is 0 Å². The van der Waals surface area contributed by atoms with Crippen molar-refractivity contribution in [1.82, 2.24) is 9.97 Å². The van der Waals surface area contributed by atoms with E-state index in [1.807, 2.05) is 54.6 Å². The maximum Gasteiger partial charge on any atom is 0.323 e. The fourth-order valence-electron chi connectivity index (χ4n) is 3.96. The Morgan fingerprint density at radius 1 is 0.935 bits per heavy atom. The number of para-hydroxylation sites is 1. The number of anilines is 3. The molecule has 5 rings (SSSR count). The lowest BCUT2D eigenvalue weighted by Crippen LogP contribution is -2.19. The maximum absolute atomic E-state index is 12.1. The fraction of sp³-hybridized carbons (Fsp3) is 0.208. The third-order valence-corrected chi connectivity index (χ3v) is 6.65. The molecule has 3 N–H and O–H groups in total. The number of hydrogen-bond donors (Lipinski definition) is 3. The monoisotopic (exact) mass is 429 g/mol. The number of carbonyl (C=O) groups excluding carboxylic acids is 1. The third kappa shape index (κ3) is 4.36. The van der Waals surface area contributed by atoms with E-state index in [0.717, 1.165) is 41.4 Å². The minimum absolute atomic E-state index is 0.253. The van der Waals surface area contributed by atoms with Crippen LogP contribution >= 0.6 is 11.3 Å². The van der Waals surface area contributed by atoms with E-state index < -0.39 is 0 Å². The summed E-state index contributed by atoms with van der Waals surface area (Å²) < 4.78 is 0. The van der Waals surface area contributed by atoms with Crippen molar-refractivity contribution in [2.75, 3.05) is 22.5 Å². The van der Waals surface area contributed by atoms with Crippen LogP contribution < -0.4 is 16.0 Å². The predicted octanol–water partition coefficient (Wildman–Crippen LogP) is 5.48.